The van der Waals surface area contributed by atoms with Crippen molar-refractivity contribution < 1.29 is 19.1 Å². The summed E-state index contributed by atoms with van der Waals surface area (Å²) < 4.78 is 10.9. The molecule has 0 saturated carbocycles. The number of thiazole rings is 1. The first-order valence-corrected chi connectivity index (χ1v) is 11.8. The summed E-state index contributed by atoms with van der Waals surface area (Å²) in [5, 5.41) is 12.5. The average molecular weight is 480 g/mol. The van der Waals surface area contributed by atoms with Crippen LogP contribution in [0.25, 0.3) is 10.6 Å². The topological polar surface area (TPSA) is 89.5 Å². The number of nitrogens with zero attached hydrogens (tertiary/aromatic N) is 1. The number of benzene rings is 2. The minimum absolute atomic E-state index is 0.124. The molecule has 0 atom stereocenters. The largest absolute Gasteiger partial charge is 0.494 e. The highest BCUT2D eigenvalue weighted by atomic mass is 32.1. The van der Waals surface area contributed by atoms with Gasteiger partial charge in [-0.2, -0.15) is 11.3 Å². The highest BCUT2D eigenvalue weighted by molar-refractivity contribution is 7.14. The van der Waals surface area contributed by atoms with Crippen LogP contribution in [-0.2, 0) is 11.2 Å². The zero-order chi connectivity index (χ0) is 23.2. The molecular weight excluding hydrogens is 458 g/mol. The van der Waals surface area contributed by atoms with Gasteiger partial charge in [-0.15, -0.1) is 11.3 Å². The molecule has 9 heteroatoms. The highest BCUT2D eigenvalue weighted by Gasteiger charge is 2.17. The molecule has 168 valence electrons. The minimum atomic E-state index is -0.280. The fourth-order valence-corrected chi connectivity index (χ4v) is 4.67. The second kappa shape index (κ2) is 10.3. The number of rotatable bonds is 8. The van der Waals surface area contributed by atoms with Gasteiger partial charge in [-0.05, 0) is 23.6 Å². The molecule has 0 radical (unpaired) electrons. The standard InChI is InChI=1S/C24H21N3O4S2/c1-30-20-12-19(27-23(29)15-6-4-3-5-7-15)21(31-2)11-18(20)26-22(28)10-17-14-33-24(25-17)16-8-9-32-13-16/h3-9,11-14H,10H2,1-2H3,(H,26,28)(H,27,29). The zero-order valence-corrected chi connectivity index (χ0v) is 19.6. The molecular formula is C24H21N3O4S2. The second-order valence-electron chi connectivity index (χ2n) is 6.95. The zero-order valence-electron chi connectivity index (χ0n) is 18.0. The van der Waals surface area contributed by atoms with E-state index >= 15 is 0 Å². The summed E-state index contributed by atoms with van der Waals surface area (Å²) in [5.41, 5.74) is 3.13. The Bertz CT molecular complexity index is 1250. The van der Waals surface area contributed by atoms with E-state index in [0.29, 0.717) is 34.1 Å². The molecule has 0 bridgehead atoms. The fraction of sp³-hybridized carbons (Fsp3) is 0.125. The number of thiophene rings is 1. The summed E-state index contributed by atoms with van der Waals surface area (Å²) in [6.45, 7) is 0. The number of nitrogens with one attached hydrogen (secondary N) is 2. The first-order valence-electron chi connectivity index (χ1n) is 9.96. The Morgan fingerprint density at radius 1 is 0.939 bits per heavy atom. The van der Waals surface area contributed by atoms with Gasteiger partial charge in [-0.3, -0.25) is 9.59 Å². The number of carbonyl (C=O) groups is 2. The lowest BCUT2D eigenvalue weighted by Gasteiger charge is -2.16. The van der Waals surface area contributed by atoms with Crippen molar-refractivity contribution in [3.05, 3.63) is 75.9 Å². The van der Waals surface area contributed by atoms with E-state index in [-0.39, 0.29) is 18.2 Å². The predicted molar refractivity (Wildman–Crippen MR) is 132 cm³/mol. The van der Waals surface area contributed by atoms with Gasteiger partial charge in [0.2, 0.25) is 5.91 Å². The van der Waals surface area contributed by atoms with E-state index in [9.17, 15) is 9.59 Å². The van der Waals surface area contributed by atoms with Crippen LogP contribution < -0.4 is 20.1 Å². The maximum Gasteiger partial charge on any atom is 0.255 e. The van der Waals surface area contributed by atoms with Crippen LogP contribution in [0.3, 0.4) is 0 Å². The third-order valence-electron chi connectivity index (χ3n) is 4.74. The summed E-state index contributed by atoms with van der Waals surface area (Å²) in [7, 11) is 2.99. The number of hydrogen-bond acceptors (Lipinski definition) is 7. The van der Waals surface area contributed by atoms with E-state index in [0.717, 1.165) is 10.6 Å². The Balaban J connectivity index is 1.49. The molecule has 0 aliphatic heterocycles. The Kier molecular flexibility index (Phi) is 7.01. The maximum absolute atomic E-state index is 12.7. The fourth-order valence-electron chi connectivity index (χ4n) is 3.14. The highest BCUT2D eigenvalue weighted by Crippen LogP contribution is 2.37. The van der Waals surface area contributed by atoms with Crippen LogP contribution in [0.5, 0.6) is 11.5 Å². The van der Waals surface area contributed by atoms with Crippen molar-refractivity contribution >= 4 is 45.9 Å². The molecule has 2 N–H and O–H groups in total. The van der Waals surface area contributed by atoms with Crippen molar-refractivity contribution in [3.63, 3.8) is 0 Å². The number of hydrogen-bond donors (Lipinski definition) is 2. The summed E-state index contributed by atoms with van der Waals surface area (Å²) >= 11 is 3.11. The smallest absolute Gasteiger partial charge is 0.255 e. The maximum atomic E-state index is 12.7. The normalized spacial score (nSPS) is 10.5. The monoisotopic (exact) mass is 479 g/mol. The molecule has 0 spiro atoms. The Labute approximate surface area is 199 Å². The second-order valence-corrected chi connectivity index (χ2v) is 8.59. The Morgan fingerprint density at radius 2 is 1.64 bits per heavy atom. The van der Waals surface area contributed by atoms with Crippen LogP contribution in [0, 0.1) is 0 Å². The van der Waals surface area contributed by atoms with Crippen molar-refractivity contribution in [3.8, 4) is 22.1 Å². The lowest BCUT2D eigenvalue weighted by atomic mass is 10.2. The number of amides is 2. The molecule has 7 nitrogen and oxygen atoms in total. The molecule has 2 aromatic heterocycles. The average Bonchev–Trinajstić information content (AvgIpc) is 3.52. The quantitative estimate of drug-likeness (QED) is 0.357. The minimum Gasteiger partial charge on any atom is -0.494 e. The first kappa shape index (κ1) is 22.5. The SMILES string of the molecule is COc1cc(NC(=O)c2ccccc2)c(OC)cc1NC(=O)Cc1csc(-c2ccsc2)n1. The van der Waals surface area contributed by atoms with Gasteiger partial charge in [0.25, 0.3) is 5.91 Å². The third kappa shape index (κ3) is 5.39. The molecule has 2 heterocycles. The van der Waals surface area contributed by atoms with Crippen LogP contribution in [0.2, 0.25) is 0 Å². The van der Waals surface area contributed by atoms with E-state index in [4.69, 9.17) is 9.47 Å². The van der Waals surface area contributed by atoms with Crippen LogP contribution >= 0.6 is 22.7 Å². The molecule has 2 amide bonds. The van der Waals surface area contributed by atoms with Gasteiger partial charge < -0.3 is 20.1 Å². The van der Waals surface area contributed by atoms with Crippen molar-refractivity contribution in [1.82, 2.24) is 4.98 Å². The molecule has 0 aliphatic carbocycles. The lowest BCUT2D eigenvalue weighted by Crippen LogP contribution is -2.16. The van der Waals surface area contributed by atoms with E-state index in [1.54, 1.807) is 47.7 Å². The molecule has 33 heavy (non-hydrogen) atoms. The van der Waals surface area contributed by atoms with Gasteiger partial charge >= 0.3 is 0 Å². The van der Waals surface area contributed by atoms with Gasteiger partial charge in [0.15, 0.2) is 0 Å². The third-order valence-corrected chi connectivity index (χ3v) is 6.36. The van der Waals surface area contributed by atoms with Crippen molar-refractivity contribution in [1.29, 1.82) is 0 Å². The lowest BCUT2D eigenvalue weighted by molar-refractivity contribution is -0.115. The number of carbonyl (C=O) groups excluding carboxylic acids is 2. The summed E-state index contributed by atoms with van der Waals surface area (Å²) in [5.74, 6) is 0.268. The predicted octanol–water partition coefficient (Wildman–Crippen LogP) is 5.32. The Hall–Kier alpha value is -3.69. The number of ether oxygens (including phenoxy) is 2. The first-order chi connectivity index (χ1) is 16.1. The van der Waals surface area contributed by atoms with Gasteiger partial charge in [0.05, 0.1) is 37.7 Å². The summed E-state index contributed by atoms with van der Waals surface area (Å²) in [6.07, 6.45) is 0.124. The van der Waals surface area contributed by atoms with Gasteiger partial charge in [0, 0.05) is 34.0 Å². The van der Waals surface area contributed by atoms with E-state index in [1.165, 1.54) is 25.6 Å². The molecule has 4 rings (SSSR count). The van der Waals surface area contributed by atoms with Crippen LogP contribution in [0.1, 0.15) is 16.1 Å². The number of aromatic nitrogens is 1. The van der Waals surface area contributed by atoms with Gasteiger partial charge in [-0.1, -0.05) is 18.2 Å². The van der Waals surface area contributed by atoms with Crippen LogP contribution in [-0.4, -0.2) is 31.0 Å². The van der Waals surface area contributed by atoms with E-state index in [2.05, 4.69) is 15.6 Å². The summed E-state index contributed by atoms with van der Waals surface area (Å²) in [6, 6.07) is 14.1. The molecule has 4 aromatic rings. The van der Waals surface area contributed by atoms with Crippen LogP contribution in [0.4, 0.5) is 11.4 Å². The molecule has 2 aromatic carbocycles. The van der Waals surface area contributed by atoms with Crippen LogP contribution in [0.15, 0.2) is 64.7 Å². The molecule has 0 unspecified atom stereocenters. The van der Waals surface area contributed by atoms with Gasteiger partial charge in [-0.25, -0.2) is 4.98 Å². The van der Waals surface area contributed by atoms with Crippen molar-refractivity contribution in [2.45, 2.75) is 6.42 Å². The van der Waals surface area contributed by atoms with Crippen molar-refractivity contribution in [2.24, 2.45) is 0 Å². The summed E-state index contributed by atoms with van der Waals surface area (Å²) in [4.78, 5) is 29.8. The molecule has 0 saturated heterocycles. The van der Waals surface area contributed by atoms with E-state index < -0.39 is 0 Å². The van der Waals surface area contributed by atoms with Gasteiger partial charge in [0.1, 0.15) is 16.5 Å². The Morgan fingerprint density at radius 3 is 2.27 bits per heavy atom. The van der Waals surface area contributed by atoms with Crippen molar-refractivity contribution in [2.75, 3.05) is 24.9 Å². The van der Waals surface area contributed by atoms with E-state index in [1.807, 2.05) is 28.3 Å². The molecule has 0 aliphatic rings. The number of anilines is 2. The molecule has 0 fully saturated rings. The number of methoxy groups -OCH3 is 2.